The first-order valence-corrected chi connectivity index (χ1v) is 6.31. The van der Waals surface area contributed by atoms with Gasteiger partial charge in [0.25, 0.3) is 0 Å². The fourth-order valence-electron chi connectivity index (χ4n) is 2.74. The Morgan fingerprint density at radius 1 is 1.38 bits per heavy atom. The molecular formula is C12H24N2O2. The summed E-state index contributed by atoms with van der Waals surface area (Å²) in [5, 5.41) is 0. The number of hydrogen-bond acceptors (Lipinski definition) is 4. The van der Waals surface area contributed by atoms with Crippen LogP contribution < -0.4 is 5.73 Å². The second-order valence-corrected chi connectivity index (χ2v) is 5.44. The lowest BCUT2D eigenvalue weighted by Crippen LogP contribution is -2.50. The maximum absolute atomic E-state index is 6.27. The predicted molar refractivity (Wildman–Crippen MR) is 63.4 cm³/mol. The van der Waals surface area contributed by atoms with E-state index in [1.54, 1.807) is 0 Å². The zero-order valence-electron chi connectivity index (χ0n) is 10.3. The summed E-state index contributed by atoms with van der Waals surface area (Å²) in [7, 11) is 2.15. The van der Waals surface area contributed by atoms with Crippen LogP contribution in [0.2, 0.25) is 0 Å². The Bertz CT molecular complexity index is 211. The molecule has 2 fully saturated rings. The molecule has 0 bridgehead atoms. The number of ether oxygens (including phenoxy) is 2. The fourth-order valence-corrected chi connectivity index (χ4v) is 2.74. The molecule has 0 aromatic heterocycles. The Kier molecular flexibility index (Phi) is 4.19. The third-order valence-electron chi connectivity index (χ3n) is 3.54. The smallest absolute Gasteiger partial charge is 0.0659 e. The third kappa shape index (κ3) is 3.42. The summed E-state index contributed by atoms with van der Waals surface area (Å²) in [6.45, 7) is 5.41. The van der Waals surface area contributed by atoms with Gasteiger partial charge in [0.05, 0.1) is 18.8 Å². The van der Waals surface area contributed by atoms with Crippen molar-refractivity contribution in [1.82, 2.24) is 4.90 Å². The van der Waals surface area contributed by atoms with Gasteiger partial charge in [-0.3, -0.25) is 0 Å². The molecule has 2 atom stereocenters. The molecule has 4 nitrogen and oxygen atoms in total. The molecule has 2 saturated heterocycles. The van der Waals surface area contributed by atoms with E-state index < -0.39 is 0 Å². The normalized spacial score (nSPS) is 35.8. The van der Waals surface area contributed by atoms with Crippen LogP contribution in [0.5, 0.6) is 0 Å². The Balaban J connectivity index is 1.72. The van der Waals surface area contributed by atoms with Gasteiger partial charge in [-0.1, -0.05) is 0 Å². The van der Waals surface area contributed by atoms with Crippen LogP contribution in [-0.2, 0) is 9.47 Å². The van der Waals surface area contributed by atoms with Gasteiger partial charge in [0, 0.05) is 26.3 Å². The molecule has 0 aromatic carbocycles. The number of rotatable bonds is 4. The predicted octanol–water partition coefficient (Wildman–Crippen LogP) is 0.463. The van der Waals surface area contributed by atoms with E-state index in [-0.39, 0.29) is 5.54 Å². The van der Waals surface area contributed by atoms with Crippen molar-refractivity contribution >= 4 is 0 Å². The van der Waals surface area contributed by atoms with Gasteiger partial charge >= 0.3 is 0 Å². The zero-order valence-corrected chi connectivity index (χ0v) is 10.3. The van der Waals surface area contributed by atoms with E-state index in [9.17, 15) is 0 Å². The molecule has 0 saturated carbocycles. The number of hydrogen-bond donors (Lipinski definition) is 1. The average Bonchev–Trinajstić information content (AvgIpc) is 2.66. The average molecular weight is 228 g/mol. The van der Waals surface area contributed by atoms with E-state index in [0.29, 0.717) is 12.5 Å². The molecule has 4 heteroatoms. The molecule has 2 rings (SSSR count). The van der Waals surface area contributed by atoms with Gasteiger partial charge in [-0.05, 0) is 32.2 Å². The van der Waals surface area contributed by atoms with Crippen LogP contribution in [0.4, 0.5) is 0 Å². The minimum Gasteiger partial charge on any atom is -0.381 e. The highest BCUT2D eigenvalue weighted by molar-refractivity contribution is 4.90. The van der Waals surface area contributed by atoms with Gasteiger partial charge in [0.15, 0.2) is 0 Å². The molecule has 0 radical (unpaired) electrons. The summed E-state index contributed by atoms with van der Waals surface area (Å²) >= 11 is 0. The van der Waals surface area contributed by atoms with E-state index in [4.69, 9.17) is 15.2 Å². The van der Waals surface area contributed by atoms with Gasteiger partial charge in [-0.15, -0.1) is 0 Å². The van der Waals surface area contributed by atoms with Crippen molar-refractivity contribution in [3.8, 4) is 0 Å². The van der Waals surface area contributed by atoms with Gasteiger partial charge < -0.3 is 20.1 Å². The topological polar surface area (TPSA) is 47.7 Å². The first-order valence-electron chi connectivity index (χ1n) is 6.31. The molecule has 94 valence electrons. The standard InChI is InChI=1S/C12H24N2O2/c1-14(7-11-3-2-5-15-8-11)9-12(13)4-6-16-10-12/h11H,2-10,13H2,1H3. The van der Waals surface area contributed by atoms with Crippen molar-refractivity contribution < 1.29 is 9.47 Å². The Morgan fingerprint density at radius 3 is 2.88 bits per heavy atom. The van der Waals surface area contributed by atoms with Gasteiger partial charge in [-0.2, -0.15) is 0 Å². The molecule has 2 aliphatic heterocycles. The highest BCUT2D eigenvalue weighted by Gasteiger charge is 2.32. The molecule has 2 heterocycles. The Hall–Kier alpha value is -0.160. The molecule has 2 unspecified atom stereocenters. The summed E-state index contributed by atoms with van der Waals surface area (Å²) in [5.74, 6) is 0.685. The van der Waals surface area contributed by atoms with Gasteiger partial charge in [-0.25, -0.2) is 0 Å². The van der Waals surface area contributed by atoms with Crippen molar-refractivity contribution in [2.45, 2.75) is 24.8 Å². The van der Waals surface area contributed by atoms with E-state index in [1.165, 1.54) is 12.8 Å². The molecule has 16 heavy (non-hydrogen) atoms. The molecule has 0 aliphatic carbocycles. The largest absolute Gasteiger partial charge is 0.381 e. The van der Waals surface area contributed by atoms with Crippen molar-refractivity contribution in [3.63, 3.8) is 0 Å². The maximum atomic E-state index is 6.27. The molecule has 0 amide bonds. The lowest BCUT2D eigenvalue weighted by molar-refractivity contribution is 0.0388. The van der Waals surface area contributed by atoms with Crippen LogP contribution in [0, 0.1) is 5.92 Å². The summed E-state index contributed by atoms with van der Waals surface area (Å²) in [4.78, 5) is 2.34. The minimum absolute atomic E-state index is 0.121. The van der Waals surface area contributed by atoms with Crippen LogP contribution in [0.15, 0.2) is 0 Å². The number of nitrogens with zero attached hydrogens (tertiary/aromatic N) is 1. The lowest BCUT2D eigenvalue weighted by atomic mass is 9.97. The van der Waals surface area contributed by atoms with E-state index in [2.05, 4.69) is 11.9 Å². The molecule has 0 aromatic rings. The zero-order chi connectivity index (χ0) is 11.4. The van der Waals surface area contributed by atoms with Crippen LogP contribution in [0.3, 0.4) is 0 Å². The molecule has 2 N–H and O–H groups in total. The quantitative estimate of drug-likeness (QED) is 0.759. The van der Waals surface area contributed by atoms with E-state index in [0.717, 1.165) is 39.3 Å². The lowest BCUT2D eigenvalue weighted by Gasteiger charge is -2.32. The summed E-state index contributed by atoms with van der Waals surface area (Å²) < 4.78 is 10.9. The Morgan fingerprint density at radius 2 is 2.25 bits per heavy atom. The SMILES string of the molecule is CN(CC1CCCOC1)CC1(N)CCOC1. The molecule has 0 spiro atoms. The maximum Gasteiger partial charge on any atom is 0.0659 e. The van der Waals surface area contributed by atoms with Crippen molar-refractivity contribution in [3.05, 3.63) is 0 Å². The highest BCUT2D eigenvalue weighted by atomic mass is 16.5. The monoisotopic (exact) mass is 228 g/mol. The van der Waals surface area contributed by atoms with Crippen LogP contribution in [-0.4, -0.2) is 57.0 Å². The fraction of sp³-hybridized carbons (Fsp3) is 1.00. The summed E-state index contributed by atoms with van der Waals surface area (Å²) in [5.41, 5.74) is 6.15. The summed E-state index contributed by atoms with van der Waals surface area (Å²) in [6.07, 6.45) is 3.48. The first kappa shape index (κ1) is 12.3. The van der Waals surface area contributed by atoms with Gasteiger partial charge in [0.1, 0.15) is 0 Å². The number of likely N-dealkylation sites (N-methyl/N-ethyl adjacent to an activating group) is 1. The molecular weight excluding hydrogens is 204 g/mol. The highest BCUT2D eigenvalue weighted by Crippen LogP contribution is 2.19. The third-order valence-corrected chi connectivity index (χ3v) is 3.54. The van der Waals surface area contributed by atoms with Crippen LogP contribution in [0.1, 0.15) is 19.3 Å². The second kappa shape index (κ2) is 5.45. The summed E-state index contributed by atoms with van der Waals surface area (Å²) in [6, 6.07) is 0. The van der Waals surface area contributed by atoms with E-state index >= 15 is 0 Å². The van der Waals surface area contributed by atoms with Crippen molar-refractivity contribution in [2.75, 3.05) is 46.6 Å². The van der Waals surface area contributed by atoms with E-state index in [1.807, 2.05) is 0 Å². The second-order valence-electron chi connectivity index (χ2n) is 5.44. The van der Waals surface area contributed by atoms with Crippen molar-refractivity contribution in [2.24, 2.45) is 11.7 Å². The van der Waals surface area contributed by atoms with Crippen molar-refractivity contribution in [1.29, 1.82) is 0 Å². The Labute approximate surface area is 98.1 Å². The van der Waals surface area contributed by atoms with Crippen LogP contribution in [0.25, 0.3) is 0 Å². The molecule has 2 aliphatic rings. The first-order chi connectivity index (χ1) is 7.68. The van der Waals surface area contributed by atoms with Crippen LogP contribution >= 0.6 is 0 Å². The minimum atomic E-state index is -0.121. The van der Waals surface area contributed by atoms with Gasteiger partial charge in [0.2, 0.25) is 0 Å². The number of nitrogens with two attached hydrogens (primary N) is 1.